The van der Waals surface area contributed by atoms with Crippen molar-refractivity contribution in [1.29, 1.82) is 0 Å². The Morgan fingerprint density at radius 3 is 2.67 bits per heavy atom. The molecule has 0 bridgehead atoms. The number of nitrogens with one attached hydrogen (secondary N) is 1. The third-order valence-electron chi connectivity index (χ3n) is 5.57. The zero-order valence-corrected chi connectivity index (χ0v) is 16.2. The van der Waals surface area contributed by atoms with Crippen LogP contribution in [-0.2, 0) is 6.54 Å². The zero-order valence-electron chi connectivity index (χ0n) is 16.2. The van der Waals surface area contributed by atoms with Crippen LogP contribution in [0.2, 0.25) is 0 Å². The Labute approximate surface area is 160 Å². The van der Waals surface area contributed by atoms with Crippen LogP contribution in [0.15, 0.2) is 41.3 Å². The summed E-state index contributed by atoms with van der Waals surface area (Å²) in [6, 6.07) is 10.4. The van der Waals surface area contributed by atoms with Crippen LogP contribution in [-0.4, -0.2) is 12.3 Å². The fourth-order valence-electron chi connectivity index (χ4n) is 3.99. The van der Waals surface area contributed by atoms with E-state index in [1.54, 1.807) is 0 Å². The predicted molar refractivity (Wildman–Crippen MR) is 111 cm³/mol. The van der Waals surface area contributed by atoms with E-state index in [9.17, 15) is 4.79 Å². The highest BCUT2D eigenvalue weighted by Crippen LogP contribution is 2.45. The molecule has 138 valence electrons. The van der Waals surface area contributed by atoms with E-state index in [0.717, 1.165) is 52.6 Å². The lowest BCUT2D eigenvalue weighted by molar-refractivity contribution is 0.105. The molecule has 3 nitrogen and oxygen atoms in total. The van der Waals surface area contributed by atoms with E-state index in [1.807, 2.05) is 13.0 Å². The molecule has 1 N–H and O–H groups in total. The Kier molecular flexibility index (Phi) is 4.48. The van der Waals surface area contributed by atoms with Crippen LogP contribution < -0.4 is 5.32 Å². The molecule has 1 heterocycles. The van der Waals surface area contributed by atoms with Crippen LogP contribution in [0.5, 0.6) is 0 Å². The minimum Gasteiger partial charge on any atom is -0.459 e. The first kappa shape index (κ1) is 17.7. The number of hydrogen-bond donors (Lipinski definition) is 1. The lowest BCUT2D eigenvalue weighted by atomic mass is 9.81. The monoisotopic (exact) mass is 359 g/mol. The van der Waals surface area contributed by atoms with E-state index >= 15 is 0 Å². The van der Waals surface area contributed by atoms with Crippen LogP contribution in [0.1, 0.15) is 52.6 Å². The van der Waals surface area contributed by atoms with Crippen LogP contribution in [0.4, 0.5) is 0 Å². The van der Waals surface area contributed by atoms with E-state index in [1.165, 1.54) is 5.56 Å². The number of aryl methyl sites for hydroxylation is 1. The van der Waals surface area contributed by atoms with Crippen molar-refractivity contribution < 1.29 is 9.21 Å². The van der Waals surface area contributed by atoms with E-state index < -0.39 is 0 Å². The van der Waals surface area contributed by atoms with Gasteiger partial charge in [-0.15, -0.1) is 0 Å². The fraction of sp³-hybridized carbons (Fsp3) is 0.292. The van der Waals surface area contributed by atoms with Crippen LogP contribution >= 0.6 is 0 Å². The number of carbonyl (C=O) groups excluding carboxylic acids is 1. The zero-order chi connectivity index (χ0) is 19.1. The average Bonchev–Trinajstić information content (AvgIpc) is 2.99. The van der Waals surface area contributed by atoms with Gasteiger partial charge in [-0.25, -0.2) is 0 Å². The molecule has 1 aliphatic rings. The van der Waals surface area contributed by atoms with Gasteiger partial charge in [0.1, 0.15) is 11.5 Å². The predicted octanol–water partition coefficient (Wildman–Crippen LogP) is 5.82. The fourth-order valence-corrected chi connectivity index (χ4v) is 3.99. The van der Waals surface area contributed by atoms with Crippen molar-refractivity contribution in [3.05, 3.63) is 64.9 Å². The minimum absolute atomic E-state index is 0.0208. The molecule has 0 fully saturated rings. The van der Waals surface area contributed by atoms with Gasteiger partial charge in [0, 0.05) is 22.3 Å². The number of Topliss-reactive ketones (excluding diaryl/α,β-unsaturated/α-hetero) is 1. The highest BCUT2D eigenvalue weighted by molar-refractivity contribution is 6.36. The Hall–Kier alpha value is -2.65. The summed E-state index contributed by atoms with van der Waals surface area (Å²) in [7, 11) is 0. The second-order valence-corrected chi connectivity index (χ2v) is 7.35. The summed E-state index contributed by atoms with van der Waals surface area (Å²) in [5.41, 5.74) is 5.23. The molecule has 0 radical (unpaired) electrons. The largest absolute Gasteiger partial charge is 0.459 e. The number of allylic oxidation sites excluding steroid dienone is 1. The maximum atomic E-state index is 13.1. The quantitative estimate of drug-likeness (QED) is 0.461. The van der Waals surface area contributed by atoms with Gasteiger partial charge in [-0.05, 0) is 49.2 Å². The molecule has 2 aromatic carbocycles. The van der Waals surface area contributed by atoms with E-state index in [2.05, 4.69) is 50.0 Å². The summed E-state index contributed by atoms with van der Waals surface area (Å²) in [6.45, 7) is 12.0. The Morgan fingerprint density at radius 1 is 1.07 bits per heavy atom. The number of ketones is 1. The third kappa shape index (κ3) is 2.74. The lowest BCUT2D eigenvalue weighted by Gasteiger charge is -2.19. The van der Waals surface area contributed by atoms with Crippen molar-refractivity contribution in [3.63, 3.8) is 0 Å². The molecule has 0 aliphatic heterocycles. The van der Waals surface area contributed by atoms with Crippen molar-refractivity contribution >= 4 is 22.1 Å². The molecule has 27 heavy (non-hydrogen) atoms. The van der Waals surface area contributed by atoms with E-state index in [-0.39, 0.29) is 5.78 Å². The number of furan rings is 1. The molecule has 0 atom stereocenters. The minimum atomic E-state index is -0.0208. The first-order valence-corrected chi connectivity index (χ1v) is 9.64. The Morgan fingerprint density at radius 2 is 1.89 bits per heavy atom. The van der Waals surface area contributed by atoms with Gasteiger partial charge >= 0.3 is 0 Å². The first-order valence-electron chi connectivity index (χ1n) is 9.64. The van der Waals surface area contributed by atoms with Crippen molar-refractivity contribution in [2.45, 2.75) is 40.2 Å². The first-order chi connectivity index (χ1) is 13.0. The normalized spacial score (nSPS) is 13.1. The third-order valence-corrected chi connectivity index (χ3v) is 5.57. The van der Waals surface area contributed by atoms with Crippen molar-refractivity contribution in [1.82, 2.24) is 5.32 Å². The number of rotatable bonds is 5. The lowest BCUT2D eigenvalue weighted by Crippen LogP contribution is -2.15. The number of carbonyl (C=O) groups is 1. The van der Waals surface area contributed by atoms with Gasteiger partial charge in [-0.3, -0.25) is 4.79 Å². The van der Waals surface area contributed by atoms with Gasteiger partial charge < -0.3 is 9.73 Å². The molecular weight excluding hydrogens is 334 g/mol. The second kappa shape index (κ2) is 6.82. The summed E-state index contributed by atoms with van der Waals surface area (Å²) in [4.78, 5) is 13.1. The summed E-state index contributed by atoms with van der Waals surface area (Å²) >= 11 is 0. The molecule has 3 heteroatoms. The number of fused-ring (bicyclic) bond motifs is 5. The van der Waals surface area contributed by atoms with Gasteiger partial charge in [0.25, 0.3) is 0 Å². The molecule has 1 aliphatic carbocycles. The molecule has 0 unspecified atom stereocenters. The smallest absolute Gasteiger partial charge is 0.197 e. The molecule has 0 saturated carbocycles. The van der Waals surface area contributed by atoms with E-state index in [4.69, 9.17) is 4.42 Å². The standard InChI is InChI=1S/C24H25NO2/c1-5-6-12-25-13-20-15(3)22-23(26)16(4)21-18-9-7-8-14(2)17(18)10-11-19(21)24(22)27-20/h7-11,25H,4-6,12-13H2,1-3H3. The van der Waals surface area contributed by atoms with Crippen LogP contribution in [0.3, 0.4) is 0 Å². The topological polar surface area (TPSA) is 42.2 Å². The Balaban J connectivity index is 1.86. The maximum Gasteiger partial charge on any atom is 0.197 e. The number of benzene rings is 2. The van der Waals surface area contributed by atoms with Gasteiger partial charge in [0.05, 0.1) is 12.1 Å². The molecule has 1 aromatic heterocycles. The van der Waals surface area contributed by atoms with Gasteiger partial charge in [-0.1, -0.05) is 44.2 Å². The van der Waals surface area contributed by atoms with Crippen LogP contribution in [0.25, 0.3) is 27.7 Å². The number of hydrogen-bond acceptors (Lipinski definition) is 3. The summed E-state index contributed by atoms with van der Waals surface area (Å²) in [6.07, 6.45) is 2.28. The average molecular weight is 359 g/mol. The number of unbranched alkanes of at least 4 members (excludes halogenated alkanes) is 1. The molecule has 0 saturated heterocycles. The highest BCUT2D eigenvalue weighted by Gasteiger charge is 2.33. The van der Waals surface area contributed by atoms with Crippen molar-refractivity contribution in [2.75, 3.05) is 6.54 Å². The van der Waals surface area contributed by atoms with Gasteiger partial charge in [0.15, 0.2) is 5.78 Å². The summed E-state index contributed by atoms with van der Waals surface area (Å²) < 4.78 is 6.22. The second-order valence-electron chi connectivity index (χ2n) is 7.35. The Bertz CT molecular complexity index is 1070. The molecule has 4 rings (SSSR count). The summed E-state index contributed by atoms with van der Waals surface area (Å²) in [5.74, 6) is 1.51. The summed E-state index contributed by atoms with van der Waals surface area (Å²) in [5, 5.41) is 5.63. The van der Waals surface area contributed by atoms with Gasteiger partial charge in [-0.2, -0.15) is 0 Å². The highest BCUT2D eigenvalue weighted by atomic mass is 16.3. The molecule has 0 spiro atoms. The molecular formula is C24H25NO2. The van der Waals surface area contributed by atoms with Gasteiger partial charge in [0.2, 0.25) is 0 Å². The van der Waals surface area contributed by atoms with Crippen molar-refractivity contribution in [2.24, 2.45) is 0 Å². The molecule has 3 aromatic rings. The van der Waals surface area contributed by atoms with Crippen molar-refractivity contribution in [3.8, 4) is 11.3 Å². The van der Waals surface area contributed by atoms with E-state index in [0.29, 0.717) is 23.4 Å². The molecule has 0 amide bonds. The SMILES string of the molecule is C=C1C(=O)c2c(oc(CNCCCC)c2C)-c2ccc3c(C)cccc3c21. The van der Waals surface area contributed by atoms with Crippen LogP contribution in [0, 0.1) is 13.8 Å². The maximum absolute atomic E-state index is 13.1.